The van der Waals surface area contributed by atoms with Gasteiger partial charge < -0.3 is 15.0 Å². The van der Waals surface area contributed by atoms with Crippen molar-refractivity contribution in [2.75, 3.05) is 18.0 Å². The van der Waals surface area contributed by atoms with Gasteiger partial charge >= 0.3 is 0 Å². The van der Waals surface area contributed by atoms with Gasteiger partial charge in [-0.25, -0.2) is 0 Å². The molecule has 1 saturated heterocycles. The van der Waals surface area contributed by atoms with Crippen molar-refractivity contribution in [1.82, 2.24) is 5.32 Å². The van der Waals surface area contributed by atoms with Crippen molar-refractivity contribution in [2.24, 2.45) is 0 Å². The summed E-state index contributed by atoms with van der Waals surface area (Å²) >= 11 is 0. The number of amides is 1. The molecule has 1 N–H and O–H groups in total. The number of hydrogen-bond acceptors (Lipinski definition) is 3. The number of nitrogens with one attached hydrogen (secondary N) is 1. The van der Waals surface area contributed by atoms with Crippen LogP contribution < -0.4 is 15.0 Å². The predicted molar refractivity (Wildman–Crippen MR) is 115 cm³/mol. The second-order valence-corrected chi connectivity index (χ2v) is 7.88. The van der Waals surface area contributed by atoms with E-state index < -0.39 is 6.10 Å². The van der Waals surface area contributed by atoms with Crippen molar-refractivity contribution in [3.05, 3.63) is 59.7 Å². The van der Waals surface area contributed by atoms with E-state index in [1.807, 2.05) is 18.2 Å². The second kappa shape index (κ2) is 9.63. The number of carbonyl (C=O) groups excluding carboxylic acids is 1. The molecular formula is C24H32N2O2. The Morgan fingerprint density at radius 1 is 1.00 bits per heavy atom. The Labute approximate surface area is 168 Å². The van der Waals surface area contributed by atoms with Crippen molar-refractivity contribution in [3.63, 3.8) is 0 Å². The molecule has 3 rings (SSSR count). The van der Waals surface area contributed by atoms with Crippen molar-refractivity contribution in [2.45, 2.75) is 58.6 Å². The Bertz CT molecular complexity index is 764. The monoisotopic (exact) mass is 380 g/mol. The lowest BCUT2D eigenvalue weighted by Crippen LogP contribution is -2.36. The van der Waals surface area contributed by atoms with E-state index in [4.69, 9.17) is 4.74 Å². The fourth-order valence-electron chi connectivity index (χ4n) is 3.62. The first kappa shape index (κ1) is 20.2. The molecule has 1 aliphatic rings. The molecular weight excluding hydrogens is 348 g/mol. The maximum atomic E-state index is 12.5. The normalized spacial score (nSPS) is 15.4. The van der Waals surface area contributed by atoms with Crippen LogP contribution in [-0.4, -0.2) is 25.1 Å². The first-order valence-electron chi connectivity index (χ1n) is 10.4. The Kier molecular flexibility index (Phi) is 6.96. The van der Waals surface area contributed by atoms with Crippen LogP contribution in [0.5, 0.6) is 5.75 Å². The van der Waals surface area contributed by atoms with Gasteiger partial charge in [-0.05, 0) is 61.4 Å². The number of ether oxygens (including phenoxy) is 1. The van der Waals surface area contributed by atoms with E-state index in [9.17, 15) is 4.79 Å². The molecule has 150 valence electrons. The van der Waals surface area contributed by atoms with Crippen molar-refractivity contribution < 1.29 is 9.53 Å². The number of anilines is 1. The molecule has 1 amide bonds. The van der Waals surface area contributed by atoms with Gasteiger partial charge in [0.1, 0.15) is 5.75 Å². The lowest BCUT2D eigenvalue weighted by molar-refractivity contribution is -0.127. The molecule has 0 radical (unpaired) electrons. The molecule has 28 heavy (non-hydrogen) atoms. The van der Waals surface area contributed by atoms with E-state index >= 15 is 0 Å². The summed E-state index contributed by atoms with van der Waals surface area (Å²) in [6.07, 6.45) is 3.35. The average Bonchev–Trinajstić information content (AvgIpc) is 2.73. The zero-order valence-corrected chi connectivity index (χ0v) is 17.3. The highest BCUT2D eigenvalue weighted by molar-refractivity contribution is 5.80. The smallest absolute Gasteiger partial charge is 0.261 e. The van der Waals surface area contributed by atoms with E-state index in [2.05, 4.69) is 54.4 Å². The Morgan fingerprint density at radius 3 is 2.36 bits per heavy atom. The first-order valence-corrected chi connectivity index (χ1v) is 10.4. The van der Waals surface area contributed by atoms with E-state index in [1.165, 1.54) is 24.9 Å². The van der Waals surface area contributed by atoms with E-state index in [0.717, 1.165) is 30.0 Å². The summed E-state index contributed by atoms with van der Waals surface area (Å²) in [5.74, 6) is 1.04. The third-order valence-electron chi connectivity index (χ3n) is 5.34. The molecule has 4 nitrogen and oxygen atoms in total. The Balaban J connectivity index is 1.52. The van der Waals surface area contributed by atoms with Crippen molar-refractivity contribution >= 4 is 11.6 Å². The molecule has 1 aliphatic heterocycles. The number of hydrogen-bond donors (Lipinski definition) is 1. The standard InChI is InChI=1S/C24H32N2O2/c1-18(2)22-9-5-6-10-23(22)28-19(3)24(27)25-17-20-11-13-21(14-12-20)26-15-7-4-8-16-26/h5-6,9-14,18-19H,4,7-8,15-17H2,1-3H3,(H,25,27)/t19-/m1/s1. The topological polar surface area (TPSA) is 41.6 Å². The van der Waals surface area contributed by atoms with Crippen LogP contribution >= 0.6 is 0 Å². The van der Waals surface area contributed by atoms with Crippen LogP contribution in [0.3, 0.4) is 0 Å². The van der Waals surface area contributed by atoms with Crippen LogP contribution in [0.25, 0.3) is 0 Å². The van der Waals surface area contributed by atoms with Crippen LogP contribution in [0.2, 0.25) is 0 Å². The second-order valence-electron chi connectivity index (χ2n) is 7.88. The number of piperidine rings is 1. The molecule has 0 bridgehead atoms. The van der Waals surface area contributed by atoms with Crippen LogP contribution in [0.15, 0.2) is 48.5 Å². The molecule has 1 atom stereocenters. The number of benzene rings is 2. The summed E-state index contributed by atoms with van der Waals surface area (Å²) in [6.45, 7) is 8.84. The molecule has 0 unspecified atom stereocenters. The van der Waals surface area contributed by atoms with Gasteiger partial charge in [-0.15, -0.1) is 0 Å². The zero-order chi connectivity index (χ0) is 19.9. The molecule has 0 saturated carbocycles. The first-order chi connectivity index (χ1) is 13.5. The molecule has 2 aromatic rings. The maximum absolute atomic E-state index is 12.5. The lowest BCUT2D eigenvalue weighted by atomic mass is 10.0. The Morgan fingerprint density at radius 2 is 1.68 bits per heavy atom. The predicted octanol–water partition coefficient (Wildman–Crippen LogP) is 4.88. The van der Waals surface area contributed by atoms with Gasteiger partial charge in [-0.1, -0.05) is 44.2 Å². The van der Waals surface area contributed by atoms with Crippen LogP contribution in [0.1, 0.15) is 57.1 Å². The highest BCUT2D eigenvalue weighted by Crippen LogP contribution is 2.26. The minimum atomic E-state index is -0.535. The van der Waals surface area contributed by atoms with Crippen molar-refractivity contribution in [3.8, 4) is 5.75 Å². The van der Waals surface area contributed by atoms with Gasteiger partial charge in [-0.2, -0.15) is 0 Å². The molecule has 1 heterocycles. The summed E-state index contributed by atoms with van der Waals surface area (Å²) in [5, 5.41) is 2.99. The summed E-state index contributed by atoms with van der Waals surface area (Å²) < 4.78 is 5.94. The van der Waals surface area contributed by atoms with Gasteiger partial charge in [0.05, 0.1) is 0 Å². The molecule has 4 heteroatoms. The minimum Gasteiger partial charge on any atom is -0.481 e. The molecule has 1 fully saturated rings. The zero-order valence-electron chi connectivity index (χ0n) is 17.3. The highest BCUT2D eigenvalue weighted by Gasteiger charge is 2.17. The minimum absolute atomic E-state index is 0.0985. The summed E-state index contributed by atoms with van der Waals surface area (Å²) in [4.78, 5) is 14.9. The molecule has 0 aromatic heterocycles. The SMILES string of the molecule is CC(C)c1ccccc1O[C@H](C)C(=O)NCc1ccc(N2CCCCC2)cc1. The third-order valence-corrected chi connectivity index (χ3v) is 5.34. The number of carbonyl (C=O) groups is 1. The number of para-hydroxylation sites is 1. The van der Waals surface area contributed by atoms with Gasteiger partial charge in [0, 0.05) is 25.3 Å². The van der Waals surface area contributed by atoms with Crippen LogP contribution in [0.4, 0.5) is 5.69 Å². The molecule has 0 spiro atoms. The van der Waals surface area contributed by atoms with Gasteiger partial charge in [0.15, 0.2) is 6.10 Å². The summed E-state index contributed by atoms with van der Waals surface area (Å²) in [5.41, 5.74) is 3.50. The fourth-order valence-corrected chi connectivity index (χ4v) is 3.62. The van der Waals surface area contributed by atoms with E-state index in [-0.39, 0.29) is 5.91 Å². The van der Waals surface area contributed by atoms with Gasteiger partial charge in [0.25, 0.3) is 5.91 Å². The van der Waals surface area contributed by atoms with Gasteiger partial charge in [-0.3, -0.25) is 4.79 Å². The molecule has 2 aromatic carbocycles. The van der Waals surface area contributed by atoms with Crippen molar-refractivity contribution in [1.29, 1.82) is 0 Å². The quantitative estimate of drug-likeness (QED) is 0.744. The van der Waals surface area contributed by atoms with E-state index in [1.54, 1.807) is 6.92 Å². The summed E-state index contributed by atoms with van der Waals surface area (Å²) in [6, 6.07) is 16.4. The number of rotatable bonds is 7. The van der Waals surface area contributed by atoms with Gasteiger partial charge in [0.2, 0.25) is 0 Å². The highest BCUT2D eigenvalue weighted by atomic mass is 16.5. The largest absolute Gasteiger partial charge is 0.481 e. The maximum Gasteiger partial charge on any atom is 0.261 e. The lowest BCUT2D eigenvalue weighted by Gasteiger charge is -2.28. The van der Waals surface area contributed by atoms with Crippen LogP contribution in [0, 0.1) is 0 Å². The Hall–Kier alpha value is -2.49. The number of nitrogens with zero attached hydrogens (tertiary/aromatic N) is 1. The van der Waals surface area contributed by atoms with Crippen LogP contribution in [-0.2, 0) is 11.3 Å². The molecule has 0 aliphatic carbocycles. The summed E-state index contributed by atoms with van der Waals surface area (Å²) in [7, 11) is 0. The fraction of sp³-hybridized carbons (Fsp3) is 0.458. The third kappa shape index (κ3) is 5.28. The van der Waals surface area contributed by atoms with E-state index in [0.29, 0.717) is 12.5 Å². The average molecular weight is 381 g/mol.